The second-order valence-corrected chi connectivity index (χ2v) is 6.49. The molecule has 120 valence electrons. The first kappa shape index (κ1) is 16.1. The molecule has 0 spiro atoms. The maximum atomic E-state index is 12.3. The van der Waals surface area contributed by atoms with Crippen molar-refractivity contribution in [2.24, 2.45) is 0 Å². The summed E-state index contributed by atoms with van der Waals surface area (Å²) in [5.41, 5.74) is 1.04. The average molecular weight is 349 g/mol. The van der Waals surface area contributed by atoms with E-state index in [0.717, 1.165) is 23.8 Å². The van der Waals surface area contributed by atoms with E-state index < -0.39 is 0 Å². The van der Waals surface area contributed by atoms with Crippen molar-refractivity contribution in [1.82, 2.24) is 14.9 Å². The fourth-order valence-electron chi connectivity index (χ4n) is 2.48. The molecule has 23 heavy (non-hydrogen) atoms. The second-order valence-electron chi connectivity index (χ2n) is 5.14. The smallest absolute Gasteiger partial charge is 0.233 e. The zero-order chi connectivity index (χ0) is 16.1. The Morgan fingerprint density at radius 2 is 1.78 bits per heavy atom. The van der Waals surface area contributed by atoms with E-state index in [9.17, 15) is 4.79 Å². The van der Waals surface area contributed by atoms with Crippen molar-refractivity contribution in [1.29, 1.82) is 0 Å². The van der Waals surface area contributed by atoms with Gasteiger partial charge < -0.3 is 9.80 Å². The van der Waals surface area contributed by atoms with E-state index in [-0.39, 0.29) is 5.91 Å². The predicted octanol–water partition coefficient (Wildman–Crippen LogP) is 2.57. The van der Waals surface area contributed by atoms with E-state index in [1.54, 1.807) is 18.5 Å². The SMILES string of the molecule is O=C(CSc1ncccn1)N1CCN(c2ccccc2Cl)CC1. The van der Waals surface area contributed by atoms with Crippen LogP contribution in [0.3, 0.4) is 0 Å². The predicted molar refractivity (Wildman–Crippen MR) is 93.0 cm³/mol. The molecule has 1 saturated heterocycles. The van der Waals surface area contributed by atoms with Gasteiger partial charge in [-0.15, -0.1) is 0 Å². The molecule has 5 nitrogen and oxygen atoms in total. The van der Waals surface area contributed by atoms with Crippen molar-refractivity contribution < 1.29 is 4.79 Å². The van der Waals surface area contributed by atoms with Crippen LogP contribution in [0, 0.1) is 0 Å². The normalized spacial score (nSPS) is 14.8. The molecule has 3 rings (SSSR count). The van der Waals surface area contributed by atoms with E-state index >= 15 is 0 Å². The largest absolute Gasteiger partial charge is 0.367 e. The molecule has 1 aromatic carbocycles. The monoisotopic (exact) mass is 348 g/mol. The summed E-state index contributed by atoms with van der Waals surface area (Å²) in [6.07, 6.45) is 3.37. The van der Waals surface area contributed by atoms with Crippen LogP contribution in [0.25, 0.3) is 0 Å². The molecule has 0 atom stereocenters. The number of para-hydroxylation sites is 1. The minimum Gasteiger partial charge on any atom is -0.367 e. The number of aromatic nitrogens is 2. The number of hydrogen-bond donors (Lipinski definition) is 0. The first-order valence-corrected chi connectivity index (χ1v) is 8.77. The highest BCUT2D eigenvalue weighted by atomic mass is 35.5. The number of carbonyl (C=O) groups excluding carboxylic acids is 1. The van der Waals surface area contributed by atoms with Crippen LogP contribution in [0.5, 0.6) is 0 Å². The van der Waals surface area contributed by atoms with Gasteiger partial charge in [-0.3, -0.25) is 4.79 Å². The fraction of sp³-hybridized carbons (Fsp3) is 0.312. The molecule has 0 radical (unpaired) electrons. The molecule has 0 unspecified atom stereocenters. The number of hydrogen-bond acceptors (Lipinski definition) is 5. The first-order valence-electron chi connectivity index (χ1n) is 7.41. The van der Waals surface area contributed by atoms with Gasteiger partial charge in [-0.05, 0) is 18.2 Å². The van der Waals surface area contributed by atoms with E-state index in [4.69, 9.17) is 11.6 Å². The standard InChI is InChI=1S/C16H17ClN4OS/c17-13-4-1-2-5-14(13)20-8-10-21(11-9-20)15(22)12-23-16-18-6-3-7-19-16/h1-7H,8-12H2. The molecule has 2 heterocycles. The van der Waals surface area contributed by atoms with Gasteiger partial charge in [0.05, 0.1) is 16.5 Å². The zero-order valence-electron chi connectivity index (χ0n) is 12.6. The molecule has 1 aliphatic heterocycles. The van der Waals surface area contributed by atoms with Gasteiger partial charge >= 0.3 is 0 Å². The van der Waals surface area contributed by atoms with Crippen LogP contribution >= 0.6 is 23.4 Å². The average Bonchev–Trinajstić information content (AvgIpc) is 2.61. The minimum atomic E-state index is 0.126. The van der Waals surface area contributed by atoms with Crippen LogP contribution in [0.15, 0.2) is 47.9 Å². The summed E-state index contributed by atoms with van der Waals surface area (Å²) in [5.74, 6) is 0.497. The van der Waals surface area contributed by atoms with E-state index in [2.05, 4.69) is 14.9 Å². The van der Waals surface area contributed by atoms with Gasteiger partial charge in [0.2, 0.25) is 5.91 Å². The Labute approximate surface area is 144 Å². The lowest BCUT2D eigenvalue weighted by molar-refractivity contribution is -0.128. The Kier molecular flexibility index (Phi) is 5.35. The molecule has 0 N–H and O–H groups in total. The van der Waals surface area contributed by atoms with Gasteiger partial charge in [-0.25, -0.2) is 9.97 Å². The van der Waals surface area contributed by atoms with Crippen molar-refractivity contribution >= 4 is 35.0 Å². The third-order valence-electron chi connectivity index (χ3n) is 3.69. The number of anilines is 1. The molecular weight excluding hydrogens is 332 g/mol. The summed E-state index contributed by atoms with van der Waals surface area (Å²) in [4.78, 5) is 24.6. The molecule has 0 saturated carbocycles. The third kappa shape index (κ3) is 4.14. The van der Waals surface area contributed by atoms with Gasteiger partial charge in [-0.2, -0.15) is 0 Å². The van der Waals surface area contributed by atoms with E-state index in [0.29, 0.717) is 24.0 Å². The molecule has 1 amide bonds. The van der Waals surface area contributed by atoms with Gasteiger partial charge in [-0.1, -0.05) is 35.5 Å². The summed E-state index contributed by atoms with van der Waals surface area (Å²) < 4.78 is 0. The first-order chi connectivity index (χ1) is 11.2. The lowest BCUT2D eigenvalue weighted by Gasteiger charge is -2.36. The molecule has 1 fully saturated rings. The third-order valence-corrected chi connectivity index (χ3v) is 4.87. The van der Waals surface area contributed by atoms with Crippen LogP contribution in [0.2, 0.25) is 5.02 Å². The van der Waals surface area contributed by atoms with E-state index in [1.165, 1.54) is 11.8 Å². The number of benzene rings is 1. The van der Waals surface area contributed by atoms with Crippen LogP contribution in [0.4, 0.5) is 5.69 Å². The highest BCUT2D eigenvalue weighted by molar-refractivity contribution is 7.99. The maximum absolute atomic E-state index is 12.3. The maximum Gasteiger partial charge on any atom is 0.233 e. The molecule has 2 aromatic rings. The van der Waals surface area contributed by atoms with Gasteiger partial charge in [0.15, 0.2) is 5.16 Å². The van der Waals surface area contributed by atoms with Crippen molar-refractivity contribution in [3.63, 3.8) is 0 Å². The van der Waals surface area contributed by atoms with Crippen molar-refractivity contribution in [3.8, 4) is 0 Å². The quantitative estimate of drug-likeness (QED) is 0.628. The van der Waals surface area contributed by atoms with Gasteiger partial charge in [0.25, 0.3) is 0 Å². The number of nitrogens with zero attached hydrogens (tertiary/aromatic N) is 4. The van der Waals surface area contributed by atoms with Gasteiger partial charge in [0, 0.05) is 38.6 Å². The summed E-state index contributed by atoms with van der Waals surface area (Å²) in [7, 11) is 0. The van der Waals surface area contributed by atoms with E-state index in [1.807, 2.05) is 29.2 Å². The van der Waals surface area contributed by atoms with Crippen molar-refractivity contribution in [2.45, 2.75) is 5.16 Å². The fourth-order valence-corrected chi connectivity index (χ4v) is 3.44. The summed E-state index contributed by atoms with van der Waals surface area (Å²) in [5, 5.41) is 1.39. The highest BCUT2D eigenvalue weighted by Crippen LogP contribution is 2.26. The molecule has 0 aliphatic carbocycles. The second kappa shape index (κ2) is 7.66. The van der Waals surface area contributed by atoms with Gasteiger partial charge in [0.1, 0.15) is 0 Å². The molecular formula is C16H17ClN4OS. The molecule has 0 bridgehead atoms. The Hall–Kier alpha value is -1.79. The number of thioether (sulfide) groups is 1. The zero-order valence-corrected chi connectivity index (χ0v) is 14.1. The van der Waals surface area contributed by atoms with Crippen LogP contribution < -0.4 is 4.90 Å². The number of rotatable bonds is 4. The molecule has 7 heteroatoms. The molecule has 1 aliphatic rings. The number of piperazine rings is 1. The van der Waals surface area contributed by atoms with Crippen molar-refractivity contribution in [3.05, 3.63) is 47.7 Å². The summed E-state index contributed by atoms with van der Waals surface area (Å²) >= 11 is 7.61. The topological polar surface area (TPSA) is 49.3 Å². The minimum absolute atomic E-state index is 0.126. The highest BCUT2D eigenvalue weighted by Gasteiger charge is 2.22. The Morgan fingerprint density at radius 1 is 1.09 bits per heavy atom. The lowest BCUT2D eigenvalue weighted by Crippen LogP contribution is -2.49. The van der Waals surface area contributed by atoms with Crippen LogP contribution in [-0.4, -0.2) is 52.7 Å². The Morgan fingerprint density at radius 3 is 2.48 bits per heavy atom. The summed E-state index contributed by atoms with van der Waals surface area (Å²) in [6, 6.07) is 9.58. The number of halogens is 1. The van der Waals surface area contributed by atoms with Crippen LogP contribution in [0.1, 0.15) is 0 Å². The Bertz CT molecular complexity index is 662. The number of amides is 1. The number of carbonyl (C=O) groups is 1. The summed E-state index contributed by atoms with van der Waals surface area (Å²) in [6.45, 7) is 3.00. The van der Waals surface area contributed by atoms with Crippen LogP contribution in [-0.2, 0) is 4.79 Å². The lowest BCUT2D eigenvalue weighted by atomic mass is 10.2. The molecule has 1 aromatic heterocycles. The Balaban J connectivity index is 1.50. The van der Waals surface area contributed by atoms with Crippen molar-refractivity contribution in [2.75, 3.05) is 36.8 Å².